The molecule has 31 heavy (non-hydrogen) atoms. The molecule has 9 heteroatoms. The molecule has 0 saturated heterocycles. The Hall–Kier alpha value is -4.14. The van der Waals surface area contributed by atoms with Crippen LogP contribution >= 0.6 is 0 Å². The standard InChI is InChI=1S/C22H22N4O5/c1-15-11-17(13-23-24-22(27)14-31-19-7-5-4-6-8-19)16(2)25(15)20-10-9-18(26(28)29)12-21(20)30-3/h4-13H,14H2,1-3H3,(H,24,27)/b23-13-. The Bertz CT molecular complexity index is 1120. The van der Waals surface area contributed by atoms with E-state index in [1.54, 1.807) is 18.2 Å². The summed E-state index contributed by atoms with van der Waals surface area (Å²) in [6.45, 7) is 3.63. The molecule has 160 valence electrons. The molecule has 1 heterocycles. The lowest BCUT2D eigenvalue weighted by atomic mass is 10.2. The van der Waals surface area contributed by atoms with Gasteiger partial charge in [-0.15, -0.1) is 0 Å². The Balaban J connectivity index is 1.73. The highest BCUT2D eigenvalue weighted by molar-refractivity contribution is 5.84. The lowest BCUT2D eigenvalue weighted by Gasteiger charge is -2.13. The van der Waals surface area contributed by atoms with Gasteiger partial charge >= 0.3 is 0 Å². The van der Waals surface area contributed by atoms with E-state index < -0.39 is 4.92 Å². The van der Waals surface area contributed by atoms with Crippen LogP contribution in [0.4, 0.5) is 5.69 Å². The first-order valence-corrected chi connectivity index (χ1v) is 9.42. The number of methoxy groups -OCH3 is 1. The van der Waals surface area contributed by atoms with Gasteiger partial charge in [0.15, 0.2) is 6.61 Å². The number of aromatic nitrogens is 1. The van der Waals surface area contributed by atoms with Gasteiger partial charge in [0.05, 0.1) is 30.0 Å². The molecule has 9 nitrogen and oxygen atoms in total. The van der Waals surface area contributed by atoms with Crippen LogP contribution in [0, 0.1) is 24.0 Å². The normalized spacial score (nSPS) is 10.8. The van der Waals surface area contributed by atoms with Crippen molar-refractivity contribution < 1.29 is 19.2 Å². The van der Waals surface area contributed by atoms with E-state index in [0.717, 1.165) is 17.0 Å². The number of carbonyl (C=O) groups excluding carboxylic acids is 1. The maximum absolute atomic E-state index is 11.9. The molecule has 3 aromatic rings. The van der Waals surface area contributed by atoms with Crippen molar-refractivity contribution in [1.82, 2.24) is 9.99 Å². The molecule has 1 amide bonds. The number of hydrogen-bond donors (Lipinski definition) is 1. The van der Waals surface area contributed by atoms with Crippen molar-refractivity contribution in [3.8, 4) is 17.2 Å². The molecular weight excluding hydrogens is 400 g/mol. The number of para-hydroxylation sites is 1. The number of aryl methyl sites for hydroxylation is 1. The molecule has 0 fully saturated rings. The second-order valence-electron chi connectivity index (χ2n) is 6.67. The van der Waals surface area contributed by atoms with Crippen LogP contribution in [-0.4, -0.2) is 35.3 Å². The van der Waals surface area contributed by atoms with Gasteiger partial charge in [0.1, 0.15) is 11.5 Å². The highest BCUT2D eigenvalue weighted by Crippen LogP contribution is 2.31. The van der Waals surface area contributed by atoms with Crippen molar-refractivity contribution in [2.45, 2.75) is 13.8 Å². The number of hydrazone groups is 1. The summed E-state index contributed by atoms with van der Waals surface area (Å²) in [6.07, 6.45) is 1.54. The van der Waals surface area contributed by atoms with E-state index in [1.807, 2.05) is 42.7 Å². The van der Waals surface area contributed by atoms with E-state index in [9.17, 15) is 14.9 Å². The fourth-order valence-corrected chi connectivity index (χ4v) is 3.13. The van der Waals surface area contributed by atoms with Crippen molar-refractivity contribution in [1.29, 1.82) is 0 Å². The van der Waals surface area contributed by atoms with Crippen LogP contribution in [0.25, 0.3) is 5.69 Å². The minimum Gasteiger partial charge on any atom is -0.494 e. The van der Waals surface area contributed by atoms with Crippen molar-refractivity contribution in [2.75, 3.05) is 13.7 Å². The van der Waals surface area contributed by atoms with Gasteiger partial charge in [-0.05, 0) is 38.1 Å². The number of nitro benzene ring substituents is 1. The number of non-ortho nitro benzene ring substituents is 1. The van der Waals surface area contributed by atoms with E-state index in [1.165, 1.54) is 25.5 Å². The van der Waals surface area contributed by atoms with Crippen molar-refractivity contribution in [3.63, 3.8) is 0 Å². The van der Waals surface area contributed by atoms with Gasteiger partial charge in [-0.2, -0.15) is 5.10 Å². The zero-order chi connectivity index (χ0) is 22.4. The van der Waals surface area contributed by atoms with Crippen LogP contribution in [0.3, 0.4) is 0 Å². The molecule has 0 aliphatic rings. The Morgan fingerprint density at radius 2 is 1.94 bits per heavy atom. The number of nitrogens with one attached hydrogen (secondary N) is 1. The van der Waals surface area contributed by atoms with E-state index in [4.69, 9.17) is 9.47 Å². The summed E-state index contributed by atoms with van der Waals surface area (Å²) in [6, 6.07) is 15.4. The predicted octanol–water partition coefficient (Wildman–Crippen LogP) is 3.54. The number of nitro groups is 1. The average molecular weight is 422 g/mol. The van der Waals surface area contributed by atoms with Crippen LogP contribution in [-0.2, 0) is 4.79 Å². The molecule has 0 saturated carbocycles. The smallest absolute Gasteiger partial charge is 0.277 e. The third-order valence-corrected chi connectivity index (χ3v) is 4.59. The lowest BCUT2D eigenvalue weighted by Crippen LogP contribution is -2.24. The first-order valence-electron chi connectivity index (χ1n) is 9.42. The number of amides is 1. The van der Waals surface area contributed by atoms with Crippen LogP contribution in [0.15, 0.2) is 59.7 Å². The van der Waals surface area contributed by atoms with Crippen molar-refractivity contribution >= 4 is 17.8 Å². The quantitative estimate of drug-likeness (QED) is 0.339. The molecule has 1 N–H and O–H groups in total. The first-order chi connectivity index (χ1) is 14.9. The molecule has 0 spiro atoms. The average Bonchev–Trinajstić information content (AvgIpc) is 3.05. The minimum absolute atomic E-state index is 0.0507. The summed E-state index contributed by atoms with van der Waals surface area (Å²) in [4.78, 5) is 22.5. The summed E-state index contributed by atoms with van der Waals surface area (Å²) in [5, 5.41) is 15.0. The molecule has 0 radical (unpaired) electrons. The Labute approximate surface area is 179 Å². The zero-order valence-corrected chi connectivity index (χ0v) is 17.4. The number of ether oxygens (including phenoxy) is 2. The third-order valence-electron chi connectivity index (χ3n) is 4.59. The number of carbonyl (C=O) groups is 1. The van der Waals surface area contributed by atoms with Gasteiger partial charge in [-0.1, -0.05) is 18.2 Å². The monoisotopic (exact) mass is 422 g/mol. The number of nitrogens with zero attached hydrogens (tertiary/aromatic N) is 3. The Kier molecular flexibility index (Phi) is 6.66. The second kappa shape index (κ2) is 9.57. The van der Waals surface area contributed by atoms with Gasteiger partial charge in [-0.25, -0.2) is 5.43 Å². The van der Waals surface area contributed by atoms with Crippen molar-refractivity contribution in [3.05, 3.63) is 81.7 Å². The number of benzene rings is 2. The van der Waals surface area contributed by atoms with E-state index >= 15 is 0 Å². The first kappa shape index (κ1) is 21.6. The molecule has 0 atom stereocenters. The zero-order valence-electron chi connectivity index (χ0n) is 17.4. The lowest BCUT2D eigenvalue weighted by molar-refractivity contribution is -0.384. The van der Waals surface area contributed by atoms with Gasteiger partial charge in [-0.3, -0.25) is 14.9 Å². The highest BCUT2D eigenvalue weighted by atomic mass is 16.6. The molecule has 0 aliphatic carbocycles. The number of hydrogen-bond acceptors (Lipinski definition) is 6. The summed E-state index contributed by atoms with van der Waals surface area (Å²) < 4.78 is 12.6. The molecule has 1 aromatic heterocycles. The fourth-order valence-electron chi connectivity index (χ4n) is 3.13. The van der Waals surface area contributed by atoms with E-state index in [0.29, 0.717) is 17.2 Å². The SMILES string of the molecule is COc1cc([N+](=O)[O-])ccc1-n1c(C)cc(/C=N\NC(=O)COc2ccccc2)c1C. The Morgan fingerprint density at radius 1 is 1.19 bits per heavy atom. The van der Waals surface area contributed by atoms with Crippen molar-refractivity contribution in [2.24, 2.45) is 5.10 Å². The molecular formula is C22H22N4O5. The van der Waals surface area contributed by atoms with E-state index in [2.05, 4.69) is 10.5 Å². The van der Waals surface area contributed by atoms with Crippen LogP contribution < -0.4 is 14.9 Å². The fraction of sp³-hybridized carbons (Fsp3) is 0.182. The summed E-state index contributed by atoms with van der Waals surface area (Å²) in [7, 11) is 1.46. The Morgan fingerprint density at radius 3 is 2.61 bits per heavy atom. The van der Waals surface area contributed by atoms with Gasteiger partial charge < -0.3 is 14.0 Å². The topological polar surface area (TPSA) is 108 Å². The van der Waals surface area contributed by atoms with Crippen LogP contribution in [0.2, 0.25) is 0 Å². The molecule has 2 aromatic carbocycles. The molecule has 3 rings (SSSR count). The maximum atomic E-state index is 11.9. The van der Waals surface area contributed by atoms with Gasteiger partial charge in [0, 0.05) is 23.0 Å². The highest BCUT2D eigenvalue weighted by Gasteiger charge is 2.17. The maximum Gasteiger partial charge on any atom is 0.277 e. The third kappa shape index (κ3) is 5.08. The van der Waals surface area contributed by atoms with Crippen LogP contribution in [0.1, 0.15) is 17.0 Å². The van der Waals surface area contributed by atoms with Gasteiger partial charge in [0.25, 0.3) is 11.6 Å². The van der Waals surface area contributed by atoms with Crippen LogP contribution in [0.5, 0.6) is 11.5 Å². The molecule has 0 bridgehead atoms. The summed E-state index contributed by atoms with van der Waals surface area (Å²) in [5.41, 5.74) is 5.55. The predicted molar refractivity (Wildman–Crippen MR) is 116 cm³/mol. The summed E-state index contributed by atoms with van der Waals surface area (Å²) >= 11 is 0. The second-order valence-corrected chi connectivity index (χ2v) is 6.67. The largest absolute Gasteiger partial charge is 0.494 e. The van der Waals surface area contributed by atoms with Gasteiger partial charge in [0.2, 0.25) is 0 Å². The molecule has 0 unspecified atom stereocenters. The number of rotatable bonds is 8. The van der Waals surface area contributed by atoms with E-state index in [-0.39, 0.29) is 18.2 Å². The summed E-state index contributed by atoms with van der Waals surface area (Å²) in [5.74, 6) is 0.596. The molecule has 0 aliphatic heterocycles. The minimum atomic E-state index is -0.468.